The topological polar surface area (TPSA) is 104 Å². The highest BCUT2D eigenvalue weighted by molar-refractivity contribution is 5.98. The SMILES string of the molecule is CCCC(C)(N)C(=O)Nc1ccc(C(=O)NCCO)cc1. The number of anilines is 1. The van der Waals surface area contributed by atoms with Gasteiger partial charge in [0.2, 0.25) is 5.91 Å². The number of rotatable bonds is 7. The molecule has 2 amide bonds. The minimum Gasteiger partial charge on any atom is -0.395 e. The average molecular weight is 293 g/mol. The highest BCUT2D eigenvalue weighted by Gasteiger charge is 2.27. The number of nitrogens with two attached hydrogens (primary N) is 1. The highest BCUT2D eigenvalue weighted by Crippen LogP contribution is 2.14. The van der Waals surface area contributed by atoms with Crippen molar-refractivity contribution in [3.63, 3.8) is 0 Å². The summed E-state index contributed by atoms with van der Waals surface area (Å²) in [6, 6.07) is 6.51. The molecule has 1 atom stereocenters. The fourth-order valence-corrected chi connectivity index (χ4v) is 1.88. The summed E-state index contributed by atoms with van der Waals surface area (Å²) in [5, 5.41) is 13.9. The molecule has 0 aliphatic rings. The Kier molecular flexibility index (Phi) is 6.33. The van der Waals surface area contributed by atoms with Crippen molar-refractivity contribution < 1.29 is 14.7 Å². The van der Waals surface area contributed by atoms with Crippen LogP contribution >= 0.6 is 0 Å². The van der Waals surface area contributed by atoms with Crippen LogP contribution in [0.2, 0.25) is 0 Å². The predicted octanol–water partition coefficient (Wildman–Crippen LogP) is 0.865. The third-order valence-corrected chi connectivity index (χ3v) is 3.09. The Hall–Kier alpha value is -1.92. The van der Waals surface area contributed by atoms with Crippen LogP contribution in [0, 0.1) is 0 Å². The van der Waals surface area contributed by atoms with E-state index in [0.717, 1.165) is 6.42 Å². The van der Waals surface area contributed by atoms with Crippen LogP contribution < -0.4 is 16.4 Å². The molecule has 0 aliphatic heterocycles. The lowest BCUT2D eigenvalue weighted by Crippen LogP contribution is -2.48. The molecule has 1 unspecified atom stereocenters. The largest absolute Gasteiger partial charge is 0.395 e. The van der Waals surface area contributed by atoms with Crippen molar-refractivity contribution >= 4 is 17.5 Å². The lowest BCUT2D eigenvalue weighted by atomic mass is 9.96. The first kappa shape index (κ1) is 17.1. The van der Waals surface area contributed by atoms with E-state index in [-0.39, 0.29) is 25.0 Å². The van der Waals surface area contributed by atoms with E-state index in [1.54, 1.807) is 31.2 Å². The average Bonchev–Trinajstić information content (AvgIpc) is 2.45. The molecule has 1 aromatic rings. The summed E-state index contributed by atoms with van der Waals surface area (Å²) >= 11 is 0. The molecule has 1 rings (SSSR count). The van der Waals surface area contributed by atoms with Gasteiger partial charge in [0.25, 0.3) is 5.91 Å². The number of amides is 2. The van der Waals surface area contributed by atoms with Gasteiger partial charge in [-0.2, -0.15) is 0 Å². The molecular formula is C15H23N3O3. The van der Waals surface area contributed by atoms with Gasteiger partial charge in [0.15, 0.2) is 0 Å². The van der Waals surface area contributed by atoms with Gasteiger partial charge in [0.05, 0.1) is 12.1 Å². The molecule has 116 valence electrons. The predicted molar refractivity (Wildman–Crippen MR) is 82.0 cm³/mol. The molecule has 0 saturated heterocycles. The lowest BCUT2D eigenvalue weighted by molar-refractivity contribution is -0.120. The molecule has 0 bridgehead atoms. The van der Waals surface area contributed by atoms with Gasteiger partial charge in [0, 0.05) is 17.8 Å². The van der Waals surface area contributed by atoms with Gasteiger partial charge < -0.3 is 21.5 Å². The fourth-order valence-electron chi connectivity index (χ4n) is 1.88. The second-order valence-corrected chi connectivity index (χ2v) is 5.18. The number of carbonyl (C=O) groups is 2. The summed E-state index contributed by atoms with van der Waals surface area (Å²) < 4.78 is 0. The first-order valence-corrected chi connectivity index (χ1v) is 7.00. The molecule has 0 aliphatic carbocycles. The van der Waals surface area contributed by atoms with Crippen LogP contribution in [0.25, 0.3) is 0 Å². The Morgan fingerprint density at radius 2 is 1.90 bits per heavy atom. The summed E-state index contributed by atoms with van der Waals surface area (Å²) in [7, 11) is 0. The molecule has 0 radical (unpaired) electrons. The molecule has 1 aromatic carbocycles. The summed E-state index contributed by atoms with van der Waals surface area (Å²) in [4.78, 5) is 23.7. The van der Waals surface area contributed by atoms with Crippen molar-refractivity contribution in [3.05, 3.63) is 29.8 Å². The molecule has 6 nitrogen and oxygen atoms in total. The number of hydrogen-bond donors (Lipinski definition) is 4. The van der Waals surface area contributed by atoms with Gasteiger partial charge in [-0.05, 0) is 37.6 Å². The van der Waals surface area contributed by atoms with Crippen molar-refractivity contribution in [2.75, 3.05) is 18.5 Å². The minimum atomic E-state index is -0.911. The van der Waals surface area contributed by atoms with Gasteiger partial charge in [-0.25, -0.2) is 0 Å². The standard InChI is InChI=1S/C15H23N3O3/c1-3-8-15(2,16)14(21)18-12-6-4-11(5-7-12)13(20)17-9-10-19/h4-7,19H,3,8-10,16H2,1-2H3,(H,17,20)(H,18,21). The molecule has 0 fully saturated rings. The maximum absolute atomic E-state index is 12.0. The molecule has 0 heterocycles. The van der Waals surface area contributed by atoms with E-state index in [9.17, 15) is 9.59 Å². The number of carbonyl (C=O) groups excluding carboxylic acids is 2. The van der Waals surface area contributed by atoms with Crippen molar-refractivity contribution in [2.45, 2.75) is 32.2 Å². The van der Waals surface area contributed by atoms with E-state index in [2.05, 4.69) is 10.6 Å². The third kappa shape index (κ3) is 5.17. The Labute approximate surface area is 124 Å². The number of aliphatic hydroxyl groups excluding tert-OH is 1. The normalized spacial score (nSPS) is 13.3. The van der Waals surface area contributed by atoms with E-state index in [4.69, 9.17) is 10.8 Å². The number of benzene rings is 1. The van der Waals surface area contributed by atoms with E-state index < -0.39 is 5.54 Å². The van der Waals surface area contributed by atoms with Crippen molar-refractivity contribution in [2.24, 2.45) is 5.73 Å². The maximum Gasteiger partial charge on any atom is 0.251 e. The van der Waals surface area contributed by atoms with Gasteiger partial charge in [-0.15, -0.1) is 0 Å². The van der Waals surface area contributed by atoms with Crippen molar-refractivity contribution in [1.29, 1.82) is 0 Å². The zero-order chi connectivity index (χ0) is 15.9. The van der Waals surface area contributed by atoms with Crippen LogP contribution in [0.15, 0.2) is 24.3 Å². The summed E-state index contributed by atoms with van der Waals surface area (Å²) in [6.07, 6.45) is 1.42. The molecule has 5 N–H and O–H groups in total. The second-order valence-electron chi connectivity index (χ2n) is 5.18. The maximum atomic E-state index is 12.0. The monoisotopic (exact) mass is 293 g/mol. The van der Waals surface area contributed by atoms with Gasteiger partial charge in [-0.1, -0.05) is 13.3 Å². The van der Waals surface area contributed by atoms with Gasteiger partial charge >= 0.3 is 0 Å². The number of aliphatic hydroxyl groups is 1. The fraction of sp³-hybridized carbons (Fsp3) is 0.467. The van der Waals surface area contributed by atoms with Crippen molar-refractivity contribution in [3.8, 4) is 0 Å². The molecule has 0 aromatic heterocycles. The van der Waals surface area contributed by atoms with Crippen LogP contribution in [0.1, 0.15) is 37.0 Å². The van der Waals surface area contributed by atoms with Crippen LogP contribution in [-0.2, 0) is 4.79 Å². The second kappa shape index (κ2) is 7.75. The zero-order valence-corrected chi connectivity index (χ0v) is 12.5. The van der Waals surface area contributed by atoms with Crippen LogP contribution in [0.3, 0.4) is 0 Å². The Morgan fingerprint density at radius 3 is 2.43 bits per heavy atom. The van der Waals surface area contributed by atoms with Gasteiger partial charge in [0.1, 0.15) is 0 Å². The van der Waals surface area contributed by atoms with E-state index >= 15 is 0 Å². The Balaban J connectivity index is 2.66. The Morgan fingerprint density at radius 1 is 1.29 bits per heavy atom. The summed E-state index contributed by atoms with van der Waals surface area (Å²) in [6.45, 7) is 3.77. The third-order valence-electron chi connectivity index (χ3n) is 3.09. The molecule has 21 heavy (non-hydrogen) atoms. The number of hydrogen-bond acceptors (Lipinski definition) is 4. The van der Waals surface area contributed by atoms with Gasteiger partial charge in [-0.3, -0.25) is 9.59 Å². The number of nitrogens with one attached hydrogen (secondary N) is 2. The van der Waals surface area contributed by atoms with Crippen LogP contribution in [0.5, 0.6) is 0 Å². The van der Waals surface area contributed by atoms with Crippen LogP contribution in [-0.4, -0.2) is 35.6 Å². The molecular weight excluding hydrogens is 270 g/mol. The smallest absolute Gasteiger partial charge is 0.251 e. The molecule has 0 spiro atoms. The Bertz CT molecular complexity index is 483. The molecule has 0 saturated carbocycles. The van der Waals surface area contributed by atoms with Crippen LogP contribution in [0.4, 0.5) is 5.69 Å². The van der Waals surface area contributed by atoms with E-state index in [1.807, 2.05) is 6.92 Å². The summed E-state index contributed by atoms with van der Waals surface area (Å²) in [5.74, 6) is -0.515. The van der Waals surface area contributed by atoms with Crippen molar-refractivity contribution in [1.82, 2.24) is 5.32 Å². The highest BCUT2D eigenvalue weighted by atomic mass is 16.3. The first-order chi connectivity index (χ1) is 9.90. The van der Waals surface area contributed by atoms with E-state index in [1.165, 1.54) is 0 Å². The zero-order valence-electron chi connectivity index (χ0n) is 12.5. The quantitative estimate of drug-likeness (QED) is 0.598. The molecule has 6 heteroatoms. The lowest BCUT2D eigenvalue weighted by Gasteiger charge is -2.22. The first-order valence-electron chi connectivity index (χ1n) is 7.00. The minimum absolute atomic E-state index is 0.105. The summed E-state index contributed by atoms with van der Waals surface area (Å²) in [5.41, 5.74) is 6.09. The van der Waals surface area contributed by atoms with E-state index in [0.29, 0.717) is 17.7 Å².